The lowest BCUT2D eigenvalue weighted by Crippen LogP contribution is -2.07. The second kappa shape index (κ2) is 5.77. The monoisotopic (exact) mass is 306 g/mol. The molecule has 0 saturated heterocycles. The molecule has 0 radical (unpaired) electrons. The molecule has 22 heavy (non-hydrogen) atoms. The number of hydrogen-bond acceptors (Lipinski definition) is 3. The third-order valence-corrected chi connectivity index (χ3v) is 2.83. The first-order valence-corrected chi connectivity index (χ1v) is 6.03. The summed E-state index contributed by atoms with van der Waals surface area (Å²) in [7, 11) is 0. The highest BCUT2D eigenvalue weighted by atomic mass is 19.4. The molecular weight excluding hydrogens is 297 g/mol. The summed E-state index contributed by atoms with van der Waals surface area (Å²) < 4.78 is 38.4. The number of hydrogen-bond donors (Lipinski definition) is 2. The molecule has 0 amide bonds. The molecule has 0 heterocycles. The smallest absolute Gasteiger partial charge is 0.416 e. The molecular formula is C15H9F3N2O2. The van der Waals surface area contributed by atoms with Crippen LogP contribution in [0.25, 0.3) is 0 Å². The molecule has 2 N–H and O–H groups in total. The second-order valence-electron chi connectivity index (χ2n) is 4.38. The zero-order valence-electron chi connectivity index (χ0n) is 11.0. The van der Waals surface area contributed by atoms with Gasteiger partial charge in [0.15, 0.2) is 0 Å². The van der Waals surface area contributed by atoms with Crippen LogP contribution in [0.2, 0.25) is 0 Å². The molecule has 112 valence electrons. The number of aromatic carboxylic acids is 1. The van der Waals surface area contributed by atoms with Crippen LogP contribution in [0.5, 0.6) is 0 Å². The Morgan fingerprint density at radius 2 is 1.86 bits per heavy atom. The first kappa shape index (κ1) is 15.4. The number of rotatable bonds is 3. The minimum absolute atomic E-state index is 0.0138. The summed E-state index contributed by atoms with van der Waals surface area (Å²) in [6.45, 7) is 0. The van der Waals surface area contributed by atoms with Crippen molar-refractivity contribution in [3.05, 3.63) is 59.2 Å². The van der Waals surface area contributed by atoms with E-state index in [4.69, 9.17) is 10.4 Å². The molecule has 0 spiro atoms. The summed E-state index contributed by atoms with van der Waals surface area (Å²) in [5.41, 5.74) is -1.12. The molecule has 0 saturated carbocycles. The van der Waals surface area contributed by atoms with Gasteiger partial charge >= 0.3 is 12.1 Å². The van der Waals surface area contributed by atoms with Crippen LogP contribution in [-0.4, -0.2) is 11.1 Å². The van der Waals surface area contributed by atoms with Gasteiger partial charge in [-0.3, -0.25) is 0 Å². The van der Waals surface area contributed by atoms with E-state index in [9.17, 15) is 18.0 Å². The molecule has 4 nitrogen and oxygen atoms in total. The molecule has 2 aromatic rings. The van der Waals surface area contributed by atoms with Crippen molar-refractivity contribution in [3.63, 3.8) is 0 Å². The van der Waals surface area contributed by atoms with Crippen molar-refractivity contribution in [2.75, 3.05) is 5.32 Å². The highest BCUT2D eigenvalue weighted by Gasteiger charge is 2.31. The zero-order valence-corrected chi connectivity index (χ0v) is 11.0. The van der Waals surface area contributed by atoms with Crippen molar-refractivity contribution >= 4 is 17.3 Å². The fraction of sp³-hybridized carbons (Fsp3) is 0.0667. The van der Waals surface area contributed by atoms with Crippen molar-refractivity contribution in [1.82, 2.24) is 0 Å². The molecule has 0 unspecified atom stereocenters. The quantitative estimate of drug-likeness (QED) is 0.898. The lowest BCUT2D eigenvalue weighted by molar-refractivity contribution is -0.137. The molecule has 7 heteroatoms. The van der Waals surface area contributed by atoms with E-state index >= 15 is 0 Å². The number of halogens is 3. The van der Waals surface area contributed by atoms with Gasteiger partial charge in [-0.15, -0.1) is 0 Å². The van der Waals surface area contributed by atoms with Gasteiger partial charge in [-0.2, -0.15) is 18.4 Å². The summed E-state index contributed by atoms with van der Waals surface area (Å²) >= 11 is 0. The van der Waals surface area contributed by atoms with E-state index in [1.165, 1.54) is 24.3 Å². The van der Waals surface area contributed by atoms with E-state index in [-0.39, 0.29) is 22.5 Å². The van der Waals surface area contributed by atoms with Gasteiger partial charge in [-0.25, -0.2) is 4.79 Å². The zero-order chi connectivity index (χ0) is 16.3. The number of carboxylic acids is 1. The summed E-state index contributed by atoms with van der Waals surface area (Å²) in [4.78, 5) is 11.1. The Morgan fingerprint density at radius 3 is 2.45 bits per heavy atom. The van der Waals surface area contributed by atoms with E-state index in [1.54, 1.807) is 12.1 Å². The van der Waals surface area contributed by atoms with Crippen LogP contribution in [0.1, 0.15) is 21.5 Å². The van der Waals surface area contributed by atoms with Gasteiger partial charge in [0.1, 0.15) is 0 Å². The number of nitriles is 1. The average Bonchev–Trinajstić information content (AvgIpc) is 2.46. The number of para-hydroxylation sites is 1. The summed E-state index contributed by atoms with van der Waals surface area (Å²) in [5, 5.41) is 20.5. The maximum absolute atomic E-state index is 12.8. The third-order valence-electron chi connectivity index (χ3n) is 2.83. The first-order valence-electron chi connectivity index (χ1n) is 6.03. The highest BCUT2D eigenvalue weighted by molar-refractivity contribution is 5.95. The normalized spacial score (nSPS) is 10.8. The number of carbonyl (C=O) groups is 1. The summed E-state index contributed by atoms with van der Waals surface area (Å²) in [6.07, 6.45) is -4.60. The van der Waals surface area contributed by atoms with E-state index in [0.717, 1.165) is 12.1 Å². The van der Waals surface area contributed by atoms with Crippen LogP contribution in [0.3, 0.4) is 0 Å². The number of benzene rings is 2. The average molecular weight is 306 g/mol. The van der Waals surface area contributed by atoms with Crippen molar-refractivity contribution in [2.24, 2.45) is 0 Å². The van der Waals surface area contributed by atoms with E-state index in [0.29, 0.717) is 0 Å². The first-order chi connectivity index (χ1) is 10.3. The Labute approximate surface area is 123 Å². The third kappa shape index (κ3) is 3.35. The molecule has 0 atom stereocenters. The fourth-order valence-electron chi connectivity index (χ4n) is 1.86. The lowest BCUT2D eigenvalue weighted by Gasteiger charge is -2.13. The van der Waals surface area contributed by atoms with Crippen molar-refractivity contribution in [1.29, 1.82) is 5.26 Å². The summed E-state index contributed by atoms with van der Waals surface area (Å²) in [6, 6.07) is 10.2. The van der Waals surface area contributed by atoms with Gasteiger partial charge in [0.25, 0.3) is 0 Å². The molecule has 0 aliphatic heterocycles. The van der Waals surface area contributed by atoms with Gasteiger partial charge in [0.2, 0.25) is 0 Å². The minimum Gasteiger partial charge on any atom is -0.478 e. The van der Waals surface area contributed by atoms with Gasteiger partial charge < -0.3 is 10.4 Å². The highest BCUT2D eigenvalue weighted by Crippen LogP contribution is 2.33. The largest absolute Gasteiger partial charge is 0.478 e. The Morgan fingerprint density at radius 1 is 1.18 bits per heavy atom. The maximum atomic E-state index is 12.8. The maximum Gasteiger partial charge on any atom is 0.416 e. The van der Waals surface area contributed by atoms with Crippen molar-refractivity contribution in [3.8, 4) is 6.07 Å². The number of alkyl halides is 3. The minimum atomic E-state index is -4.60. The summed E-state index contributed by atoms with van der Waals surface area (Å²) in [5.74, 6) is -1.21. The van der Waals surface area contributed by atoms with E-state index in [2.05, 4.69) is 5.32 Å². The number of carboxylic acid groups (broad SMARTS) is 1. The van der Waals surface area contributed by atoms with E-state index < -0.39 is 17.7 Å². The van der Waals surface area contributed by atoms with Crippen molar-refractivity contribution < 1.29 is 23.1 Å². The van der Waals surface area contributed by atoms with Crippen LogP contribution < -0.4 is 5.32 Å². The molecule has 0 fully saturated rings. The van der Waals surface area contributed by atoms with Gasteiger partial charge in [0.05, 0.1) is 28.4 Å². The second-order valence-corrected chi connectivity index (χ2v) is 4.38. The molecule has 2 rings (SSSR count). The van der Waals surface area contributed by atoms with Gasteiger partial charge in [-0.05, 0) is 30.3 Å². The number of nitrogens with one attached hydrogen (secondary N) is 1. The predicted octanol–water partition coefficient (Wildman–Crippen LogP) is 4.02. The fourth-order valence-corrected chi connectivity index (χ4v) is 1.86. The standard InChI is InChI=1S/C15H9F3N2O2/c16-15(17,18)10-5-9(8-19)6-11(7-10)20-13-4-2-1-3-12(13)14(21)22/h1-7,20H,(H,21,22). The van der Waals surface area contributed by atoms with Gasteiger partial charge in [0, 0.05) is 5.69 Å². The topological polar surface area (TPSA) is 73.1 Å². The Bertz CT molecular complexity index is 764. The number of anilines is 2. The molecule has 0 bridgehead atoms. The van der Waals surface area contributed by atoms with Crippen LogP contribution in [-0.2, 0) is 6.18 Å². The van der Waals surface area contributed by atoms with Crippen molar-refractivity contribution in [2.45, 2.75) is 6.18 Å². The van der Waals surface area contributed by atoms with Gasteiger partial charge in [-0.1, -0.05) is 12.1 Å². The Balaban J connectivity index is 2.47. The predicted molar refractivity (Wildman–Crippen MR) is 72.8 cm³/mol. The molecule has 0 aliphatic rings. The molecule has 0 aliphatic carbocycles. The lowest BCUT2D eigenvalue weighted by atomic mass is 10.1. The van der Waals surface area contributed by atoms with Crippen LogP contribution in [0.15, 0.2) is 42.5 Å². The molecule has 0 aromatic heterocycles. The SMILES string of the molecule is N#Cc1cc(Nc2ccccc2C(=O)O)cc(C(F)(F)F)c1. The molecule has 2 aromatic carbocycles. The van der Waals surface area contributed by atoms with E-state index in [1.807, 2.05) is 0 Å². The Hall–Kier alpha value is -3.01. The van der Waals surface area contributed by atoms with Crippen LogP contribution >= 0.6 is 0 Å². The Kier molecular flexibility index (Phi) is 4.04. The number of nitrogens with zero attached hydrogens (tertiary/aromatic N) is 1. The van der Waals surface area contributed by atoms with Crippen LogP contribution in [0.4, 0.5) is 24.5 Å². The van der Waals surface area contributed by atoms with Crippen LogP contribution in [0, 0.1) is 11.3 Å².